The second-order valence-electron chi connectivity index (χ2n) is 8.05. The van der Waals surface area contributed by atoms with Gasteiger partial charge < -0.3 is 14.8 Å². The van der Waals surface area contributed by atoms with Crippen LogP contribution in [0.15, 0.2) is 36.4 Å². The van der Waals surface area contributed by atoms with Crippen molar-refractivity contribution in [3.8, 4) is 5.75 Å². The lowest BCUT2D eigenvalue weighted by atomic mass is 9.39. The second-order valence-corrected chi connectivity index (χ2v) is 9.28. The van der Waals surface area contributed by atoms with E-state index in [0.717, 1.165) is 25.3 Å². The number of amides is 2. The minimum atomic E-state index is -0.667. The van der Waals surface area contributed by atoms with Gasteiger partial charge in [-0.05, 0) is 49.6 Å². The number of hydrogen-bond donors (Lipinski definition) is 2. The highest BCUT2D eigenvalue weighted by atomic mass is 35.5. The maximum absolute atomic E-state index is 13.4. The van der Waals surface area contributed by atoms with Gasteiger partial charge in [0.1, 0.15) is 11.6 Å². The van der Waals surface area contributed by atoms with Crippen molar-refractivity contribution < 1.29 is 23.5 Å². The molecule has 0 aliphatic heterocycles. The smallest absolute Gasteiger partial charge is 0.411 e. The largest absolute Gasteiger partial charge is 0.484 e. The van der Waals surface area contributed by atoms with E-state index in [1.54, 1.807) is 18.2 Å². The standard InChI is InChI=1S/C21H18Cl3FN2O4/c22-14-4-2-13(6-16(14)24)30-7-18(28)27-21-8-20(9-21,10-21)11-31-19(29)26-12-1-3-15(23)17(25)5-12/h1-6H,7-11H2,(H,26,29)(H,27,28). The number of anilines is 1. The van der Waals surface area contributed by atoms with Crippen LogP contribution in [0, 0.1) is 11.2 Å². The van der Waals surface area contributed by atoms with Crippen LogP contribution in [-0.2, 0) is 9.53 Å². The summed E-state index contributed by atoms with van der Waals surface area (Å²) in [7, 11) is 0. The van der Waals surface area contributed by atoms with Gasteiger partial charge in [-0.15, -0.1) is 0 Å². The Morgan fingerprint density at radius 1 is 1.00 bits per heavy atom. The van der Waals surface area contributed by atoms with Crippen LogP contribution in [0.5, 0.6) is 5.75 Å². The van der Waals surface area contributed by atoms with E-state index in [1.165, 1.54) is 12.1 Å². The van der Waals surface area contributed by atoms with E-state index in [-0.39, 0.29) is 40.8 Å². The summed E-state index contributed by atoms with van der Waals surface area (Å²) in [6, 6.07) is 8.74. The van der Waals surface area contributed by atoms with Gasteiger partial charge >= 0.3 is 6.09 Å². The van der Waals surface area contributed by atoms with Gasteiger partial charge in [-0.3, -0.25) is 10.1 Å². The van der Waals surface area contributed by atoms with Crippen LogP contribution in [-0.4, -0.2) is 30.8 Å². The summed E-state index contributed by atoms with van der Waals surface area (Å²) in [5, 5.41) is 6.19. The molecule has 0 saturated heterocycles. The molecule has 0 heterocycles. The molecule has 2 aromatic carbocycles. The molecule has 0 aromatic heterocycles. The predicted octanol–water partition coefficient (Wildman–Crippen LogP) is 5.45. The molecule has 31 heavy (non-hydrogen) atoms. The number of nitrogens with one attached hydrogen (secondary N) is 2. The lowest BCUT2D eigenvalue weighted by Crippen LogP contribution is -2.76. The van der Waals surface area contributed by atoms with E-state index in [1.807, 2.05) is 0 Å². The van der Waals surface area contributed by atoms with Crippen molar-refractivity contribution in [1.29, 1.82) is 0 Å². The SMILES string of the molecule is O=C(COc1ccc(Cl)c(Cl)c1)NC12CC(COC(=O)Nc3ccc(Cl)c(F)c3)(C1)C2. The van der Waals surface area contributed by atoms with Gasteiger partial charge in [0.05, 0.1) is 21.7 Å². The maximum Gasteiger partial charge on any atom is 0.411 e. The van der Waals surface area contributed by atoms with E-state index in [2.05, 4.69) is 10.6 Å². The molecule has 5 rings (SSSR count). The van der Waals surface area contributed by atoms with Crippen LogP contribution in [0.3, 0.4) is 0 Å². The number of carbonyl (C=O) groups is 2. The minimum absolute atomic E-state index is 0.0255. The first-order valence-electron chi connectivity index (χ1n) is 9.45. The van der Waals surface area contributed by atoms with Crippen LogP contribution >= 0.6 is 34.8 Å². The number of rotatable bonds is 7. The first kappa shape index (κ1) is 22.0. The molecule has 2 aromatic rings. The van der Waals surface area contributed by atoms with E-state index in [9.17, 15) is 14.0 Å². The summed E-state index contributed by atoms with van der Waals surface area (Å²) in [5.74, 6) is -0.402. The Kier molecular flexibility index (Phi) is 5.94. The van der Waals surface area contributed by atoms with Crippen LogP contribution in [0.25, 0.3) is 0 Å². The van der Waals surface area contributed by atoms with Crippen molar-refractivity contribution in [3.05, 3.63) is 57.3 Å². The zero-order valence-corrected chi connectivity index (χ0v) is 18.4. The molecule has 0 unspecified atom stereocenters. The van der Waals surface area contributed by atoms with Gasteiger partial charge in [0.2, 0.25) is 0 Å². The molecular weight excluding hydrogens is 470 g/mol. The van der Waals surface area contributed by atoms with Crippen molar-refractivity contribution in [2.75, 3.05) is 18.5 Å². The fourth-order valence-electron chi connectivity index (χ4n) is 4.28. The zero-order valence-electron chi connectivity index (χ0n) is 16.1. The lowest BCUT2D eigenvalue weighted by Gasteiger charge is -2.70. The summed E-state index contributed by atoms with van der Waals surface area (Å²) in [4.78, 5) is 24.1. The molecule has 3 aliphatic carbocycles. The summed E-state index contributed by atoms with van der Waals surface area (Å²) in [5.41, 5.74) is -0.132. The first-order valence-corrected chi connectivity index (χ1v) is 10.6. The molecule has 0 atom stereocenters. The zero-order chi connectivity index (χ0) is 22.2. The Balaban J connectivity index is 1.17. The fraction of sp³-hybridized carbons (Fsp3) is 0.333. The van der Waals surface area contributed by atoms with E-state index in [0.29, 0.717) is 15.8 Å². The summed E-state index contributed by atoms with van der Waals surface area (Å²) < 4.78 is 24.1. The van der Waals surface area contributed by atoms with Gasteiger partial charge in [-0.2, -0.15) is 0 Å². The van der Waals surface area contributed by atoms with E-state index < -0.39 is 11.9 Å². The molecule has 0 spiro atoms. The number of benzene rings is 2. The van der Waals surface area contributed by atoms with Crippen LogP contribution in [0.4, 0.5) is 14.9 Å². The third kappa shape index (κ3) is 4.84. The third-order valence-electron chi connectivity index (χ3n) is 5.48. The normalized spacial score (nSPS) is 23.2. The Morgan fingerprint density at radius 3 is 2.39 bits per heavy atom. The Labute approximate surface area is 192 Å². The van der Waals surface area contributed by atoms with Crippen molar-refractivity contribution in [2.24, 2.45) is 5.41 Å². The van der Waals surface area contributed by atoms with Crippen molar-refractivity contribution in [1.82, 2.24) is 5.32 Å². The second kappa shape index (κ2) is 8.37. The third-order valence-corrected chi connectivity index (χ3v) is 6.53. The summed E-state index contributed by atoms with van der Waals surface area (Å²) in [6.07, 6.45) is 1.50. The molecule has 0 radical (unpaired) electrons. The molecule has 3 fully saturated rings. The van der Waals surface area contributed by atoms with Crippen molar-refractivity contribution in [2.45, 2.75) is 24.8 Å². The van der Waals surface area contributed by atoms with Crippen molar-refractivity contribution in [3.63, 3.8) is 0 Å². The quantitative estimate of drug-likeness (QED) is 0.544. The van der Waals surface area contributed by atoms with Crippen LogP contribution in [0.2, 0.25) is 15.1 Å². The molecule has 6 nitrogen and oxygen atoms in total. The van der Waals surface area contributed by atoms with Gasteiger partial charge in [0.15, 0.2) is 6.61 Å². The highest BCUT2D eigenvalue weighted by Crippen LogP contribution is 2.67. The van der Waals surface area contributed by atoms with E-state index >= 15 is 0 Å². The Hall–Kier alpha value is -2.22. The Bertz CT molecular complexity index is 1030. The molecule has 164 valence electrons. The predicted molar refractivity (Wildman–Crippen MR) is 115 cm³/mol. The molecule has 10 heteroatoms. The highest BCUT2D eigenvalue weighted by Gasteiger charge is 2.69. The molecule has 3 aliphatic rings. The van der Waals surface area contributed by atoms with Gasteiger partial charge in [-0.25, -0.2) is 9.18 Å². The number of hydrogen-bond acceptors (Lipinski definition) is 4. The van der Waals surface area contributed by atoms with Crippen LogP contribution < -0.4 is 15.4 Å². The monoisotopic (exact) mass is 486 g/mol. The fourth-order valence-corrected chi connectivity index (χ4v) is 4.68. The lowest BCUT2D eigenvalue weighted by molar-refractivity contribution is -0.183. The van der Waals surface area contributed by atoms with E-state index in [4.69, 9.17) is 44.3 Å². The molecule has 2 N–H and O–H groups in total. The van der Waals surface area contributed by atoms with Gasteiger partial charge in [0, 0.05) is 22.7 Å². The average Bonchev–Trinajstić information content (AvgIpc) is 2.66. The van der Waals surface area contributed by atoms with Gasteiger partial charge in [0.25, 0.3) is 5.91 Å². The summed E-state index contributed by atoms with van der Waals surface area (Å²) >= 11 is 17.4. The number of carbonyl (C=O) groups excluding carboxylic acids is 2. The number of halogens is 4. The van der Waals surface area contributed by atoms with Crippen molar-refractivity contribution >= 4 is 52.5 Å². The minimum Gasteiger partial charge on any atom is -0.484 e. The van der Waals surface area contributed by atoms with Gasteiger partial charge in [-0.1, -0.05) is 34.8 Å². The molecule has 2 bridgehead atoms. The summed E-state index contributed by atoms with van der Waals surface area (Å²) in [6.45, 7) is 0.0928. The topological polar surface area (TPSA) is 76.7 Å². The molecular formula is C21H18Cl3FN2O4. The Morgan fingerprint density at radius 2 is 1.71 bits per heavy atom. The highest BCUT2D eigenvalue weighted by molar-refractivity contribution is 6.42. The average molecular weight is 488 g/mol. The van der Waals surface area contributed by atoms with Crippen LogP contribution in [0.1, 0.15) is 19.3 Å². The maximum atomic E-state index is 13.4. The first-order chi connectivity index (χ1) is 14.7. The molecule has 2 amide bonds. The molecule has 3 saturated carbocycles. The number of ether oxygens (including phenoxy) is 2.